The lowest BCUT2D eigenvalue weighted by Crippen LogP contribution is -2.14. The van der Waals surface area contributed by atoms with Gasteiger partial charge in [0, 0.05) is 10.8 Å². The van der Waals surface area contributed by atoms with Crippen molar-refractivity contribution >= 4 is 45.7 Å². The summed E-state index contributed by atoms with van der Waals surface area (Å²) in [6.45, 7) is 0. The van der Waals surface area contributed by atoms with E-state index < -0.39 is 0 Å². The number of hydrogen-bond acceptors (Lipinski definition) is 5. The van der Waals surface area contributed by atoms with Gasteiger partial charge in [-0.15, -0.1) is 10.2 Å². The molecule has 3 aromatic rings. The van der Waals surface area contributed by atoms with Gasteiger partial charge in [0.05, 0.1) is 6.42 Å². The first-order valence-electron chi connectivity index (χ1n) is 7.34. The van der Waals surface area contributed by atoms with Gasteiger partial charge < -0.3 is 5.32 Å². The highest BCUT2D eigenvalue weighted by molar-refractivity contribution is 8.00. The normalized spacial score (nSPS) is 10.6. The van der Waals surface area contributed by atoms with E-state index in [9.17, 15) is 9.18 Å². The number of rotatable bonds is 6. The molecule has 2 aromatic carbocycles. The molecule has 3 rings (SSSR count). The number of carbonyl (C=O) groups is 1. The summed E-state index contributed by atoms with van der Waals surface area (Å²) in [5.74, 6) is 0.0418. The summed E-state index contributed by atoms with van der Waals surface area (Å²) in [4.78, 5) is 12.0. The number of nitrogens with one attached hydrogen (secondary N) is 1. The van der Waals surface area contributed by atoms with Crippen LogP contribution >= 0.6 is 34.7 Å². The first kappa shape index (κ1) is 17.8. The van der Waals surface area contributed by atoms with Crippen molar-refractivity contribution in [1.82, 2.24) is 10.2 Å². The molecule has 1 N–H and O–H groups in total. The average Bonchev–Trinajstić information content (AvgIpc) is 3.03. The molecule has 1 amide bonds. The van der Waals surface area contributed by atoms with Gasteiger partial charge in [-0.1, -0.05) is 65.0 Å². The molecular formula is C17H13ClFN3OS2. The van der Waals surface area contributed by atoms with Gasteiger partial charge in [-0.3, -0.25) is 4.79 Å². The smallest absolute Gasteiger partial charge is 0.230 e. The lowest BCUT2D eigenvalue weighted by Gasteiger charge is -2.01. The second-order valence-corrected chi connectivity index (χ2v) is 7.74. The number of anilines is 1. The number of thioether (sulfide) groups is 1. The number of amides is 1. The van der Waals surface area contributed by atoms with Crippen LogP contribution in [-0.4, -0.2) is 16.1 Å². The van der Waals surface area contributed by atoms with Gasteiger partial charge in [0.25, 0.3) is 0 Å². The fourth-order valence-electron chi connectivity index (χ4n) is 2.02. The summed E-state index contributed by atoms with van der Waals surface area (Å²) in [6.07, 6.45) is 0.231. The Morgan fingerprint density at radius 3 is 2.68 bits per heavy atom. The van der Waals surface area contributed by atoms with Crippen molar-refractivity contribution < 1.29 is 9.18 Å². The van der Waals surface area contributed by atoms with E-state index in [2.05, 4.69) is 15.5 Å². The van der Waals surface area contributed by atoms with Crippen molar-refractivity contribution in [2.24, 2.45) is 0 Å². The minimum atomic E-state index is -0.240. The van der Waals surface area contributed by atoms with E-state index in [0.29, 0.717) is 25.8 Å². The number of carbonyl (C=O) groups excluding carboxylic acids is 1. The molecule has 0 aliphatic heterocycles. The zero-order chi connectivity index (χ0) is 17.6. The quantitative estimate of drug-likeness (QED) is 0.482. The molecule has 4 nitrogen and oxygen atoms in total. The van der Waals surface area contributed by atoms with Gasteiger partial charge in [0.1, 0.15) is 5.82 Å². The van der Waals surface area contributed by atoms with E-state index >= 15 is 0 Å². The van der Waals surface area contributed by atoms with Crippen molar-refractivity contribution in [1.29, 1.82) is 0 Å². The standard InChI is InChI=1S/C17H13ClFN3OS2/c18-13-7-5-11(6-8-13)9-15(23)20-16-21-22-17(25-16)24-10-12-3-1-2-4-14(12)19/h1-8H,9-10H2,(H,20,21,23). The van der Waals surface area contributed by atoms with Crippen LogP contribution in [0.2, 0.25) is 5.02 Å². The van der Waals surface area contributed by atoms with Gasteiger partial charge >= 0.3 is 0 Å². The topological polar surface area (TPSA) is 54.9 Å². The van der Waals surface area contributed by atoms with Crippen LogP contribution in [0.25, 0.3) is 0 Å². The zero-order valence-electron chi connectivity index (χ0n) is 12.9. The van der Waals surface area contributed by atoms with Crippen molar-refractivity contribution in [2.45, 2.75) is 16.5 Å². The molecule has 0 aliphatic carbocycles. The molecule has 0 fully saturated rings. The van der Waals surface area contributed by atoms with Crippen LogP contribution in [0.15, 0.2) is 52.9 Å². The van der Waals surface area contributed by atoms with Gasteiger partial charge in [0.15, 0.2) is 4.34 Å². The summed E-state index contributed by atoms with van der Waals surface area (Å²) in [5, 5.41) is 11.7. The second-order valence-electron chi connectivity index (χ2n) is 5.10. The number of benzene rings is 2. The molecule has 0 saturated heterocycles. The van der Waals surface area contributed by atoms with Crippen LogP contribution < -0.4 is 5.32 Å². The molecule has 25 heavy (non-hydrogen) atoms. The maximum Gasteiger partial charge on any atom is 0.230 e. The van der Waals surface area contributed by atoms with E-state index in [4.69, 9.17) is 11.6 Å². The zero-order valence-corrected chi connectivity index (χ0v) is 15.3. The lowest BCUT2D eigenvalue weighted by molar-refractivity contribution is -0.115. The van der Waals surface area contributed by atoms with Crippen LogP contribution in [0.4, 0.5) is 9.52 Å². The molecule has 0 spiro atoms. The molecule has 1 aromatic heterocycles. The maximum atomic E-state index is 13.6. The third-order valence-corrected chi connectivity index (χ3v) is 5.51. The highest BCUT2D eigenvalue weighted by Gasteiger charge is 2.10. The molecule has 0 radical (unpaired) electrons. The Hall–Kier alpha value is -1.96. The fraction of sp³-hybridized carbons (Fsp3) is 0.118. The van der Waals surface area contributed by atoms with E-state index in [1.54, 1.807) is 42.5 Å². The molecule has 0 bridgehead atoms. The van der Waals surface area contributed by atoms with Gasteiger partial charge in [-0.05, 0) is 29.3 Å². The fourth-order valence-corrected chi connectivity index (χ4v) is 3.91. The Morgan fingerprint density at radius 1 is 1.16 bits per heavy atom. The largest absolute Gasteiger partial charge is 0.300 e. The van der Waals surface area contributed by atoms with E-state index in [1.165, 1.54) is 29.2 Å². The summed E-state index contributed by atoms with van der Waals surface area (Å²) in [5.41, 5.74) is 1.47. The summed E-state index contributed by atoms with van der Waals surface area (Å²) in [7, 11) is 0. The van der Waals surface area contributed by atoms with Crippen LogP contribution in [0, 0.1) is 5.82 Å². The SMILES string of the molecule is O=C(Cc1ccc(Cl)cc1)Nc1nnc(SCc2ccccc2F)s1. The van der Waals surface area contributed by atoms with Crippen molar-refractivity contribution in [3.63, 3.8) is 0 Å². The lowest BCUT2D eigenvalue weighted by atomic mass is 10.1. The Kier molecular flexibility index (Phi) is 6.01. The summed E-state index contributed by atoms with van der Waals surface area (Å²) < 4.78 is 14.3. The third-order valence-electron chi connectivity index (χ3n) is 3.24. The van der Waals surface area contributed by atoms with Crippen molar-refractivity contribution in [3.05, 3.63) is 70.5 Å². The molecule has 128 valence electrons. The molecule has 0 unspecified atom stereocenters. The van der Waals surface area contributed by atoms with Gasteiger partial charge in [-0.2, -0.15) is 0 Å². The highest BCUT2D eigenvalue weighted by Crippen LogP contribution is 2.29. The Balaban J connectivity index is 1.53. The minimum absolute atomic E-state index is 0.177. The molecule has 1 heterocycles. The third kappa shape index (κ3) is 5.26. The monoisotopic (exact) mass is 393 g/mol. The highest BCUT2D eigenvalue weighted by atomic mass is 35.5. The van der Waals surface area contributed by atoms with E-state index in [0.717, 1.165) is 5.56 Å². The van der Waals surface area contributed by atoms with Crippen molar-refractivity contribution in [3.8, 4) is 0 Å². The second kappa shape index (κ2) is 8.42. The first-order valence-corrected chi connectivity index (χ1v) is 9.52. The Morgan fingerprint density at radius 2 is 1.92 bits per heavy atom. The molecule has 8 heteroatoms. The molecule has 0 aliphatic rings. The van der Waals surface area contributed by atoms with Gasteiger partial charge in [-0.25, -0.2) is 4.39 Å². The number of aromatic nitrogens is 2. The number of nitrogens with zero attached hydrogens (tertiary/aromatic N) is 2. The van der Waals surface area contributed by atoms with Crippen molar-refractivity contribution in [2.75, 3.05) is 5.32 Å². The molecule has 0 saturated carbocycles. The van der Waals surface area contributed by atoms with E-state index in [1.807, 2.05) is 0 Å². The molecular weight excluding hydrogens is 381 g/mol. The Labute approximate surface area is 157 Å². The maximum absolute atomic E-state index is 13.6. The average molecular weight is 394 g/mol. The number of halogens is 2. The van der Waals surface area contributed by atoms with Gasteiger partial charge in [0.2, 0.25) is 11.0 Å². The predicted octanol–water partition coefficient (Wildman–Crippen LogP) is 4.80. The summed E-state index contributed by atoms with van der Waals surface area (Å²) in [6, 6.07) is 13.7. The minimum Gasteiger partial charge on any atom is -0.300 e. The van der Waals surface area contributed by atoms with Crippen LogP contribution in [-0.2, 0) is 17.0 Å². The Bertz CT molecular complexity index is 870. The molecule has 0 atom stereocenters. The van der Waals surface area contributed by atoms with Crippen LogP contribution in [0.1, 0.15) is 11.1 Å². The van der Waals surface area contributed by atoms with Crippen LogP contribution in [0.3, 0.4) is 0 Å². The first-order chi connectivity index (χ1) is 12.1. The predicted molar refractivity (Wildman–Crippen MR) is 99.7 cm³/mol. The summed E-state index contributed by atoms with van der Waals surface area (Å²) >= 11 is 8.47. The number of hydrogen-bond donors (Lipinski definition) is 1. The van der Waals surface area contributed by atoms with E-state index in [-0.39, 0.29) is 18.1 Å². The van der Waals surface area contributed by atoms with Crippen LogP contribution in [0.5, 0.6) is 0 Å².